The highest BCUT2D eigenvalue weighted by Crippen LogP contribution is 2.27. The Morgan fingerprint density at radius 2 is 1.65 bits per heavy atom. The third-order valence-electron chi connectivity index (χ3n) is 5.49. The van der Waals surface area contributed by atoms with Crippen molar-refractivity contribution >= 4 is 40.6 Å². The monoisotopic (exact) mass is 463 g/mol. The number of nitrogens with zero attached hydrogens (tertiary/aromatic N) is 2. The molecule has 2 amide bonds. The van der Waals surface area contributed by atoms with E-state index < -0.39 is 18.1 Å². The molecule has 0 aliphatic carbocycles. The Morgan fingerprint density at radius 3 is 2.26 bits per heavy atom. The summed E-state index contributed by atoms with van der Waals surface area (Å²) in [7, 11) is 3.91. The minimum absolute atomic E-state index is 0.154. The lowest BCUT2D eigenvalue weighted by atomic mass is 10.1. The summed E-state index contributed by atoms with van der Waals surface area (Å²) in [6.07, 6.45) is 0.497. The van der Waals surface area contributed by atoms with E-state index in [1.165, 1.54) is 4.90 Å². The molecule has 178 valence electrons. The number of rotatable bonds is 11. The average Bonchev–Trinajstić information content (AvgIpc) is 2.84. The van der Waals surface area contributed by atoms with Gasteiger partial charge in [-0.2, -0.15) is 0 Å². The van der Waals surface area contributed by atoms with Crippen molar-refractivity contribution in [3.63, 3.8) is 0 Å². The van der Waals surface area contributed by atoms with Gasteiger partial charge in [-0.1, -0.05) is 42.5 Å². The lowest BCUT2D eigenvalue weighted by Gasteiger charge is -2.25. The fourth-order valence-electron chi connectivity index (χ4n) is 3.62. The zero-order valence-electron chi connectivity index (χ0n) is 19.3. The summed E-state index contributed by atoms with van der Waals surface area (Å²) in [5.74, 6) is -1.11. The predicted octanol–water partition coefficient (Wildman–Crippen LogP) is 4.03. The molecule has 0 fully saturated rings. The minimum Gasteiger partial charge on any atom is -0.480 e. The first kappa shape index (κ1) is 24.6. The molecule has 0 aromatic heterocycles. The van der Waals surface area contributed by atoms with E-state index in [9.17, 15) is 19.5 Å². The number of carbonyl (C=O) groups is 3. The van der Waals surface area contributed by atoms with Gasteiger partial charge in [0.05, 0.1) is 0 Å². The zero-order chi connectivity index (χ0) is 24.5. The SMILES string of the molecule is CN(C)c1ccc2cc(N(C=O)[C@@H](CCCNC(=O)OCc3ccccc3)C(=O)O)ccc2c1. The molecule has 3 aromatic carbocycles. The van der Waals surface area contributed by atoms with Gasteiger partial charge in [-0.25, -0.2) is 9.59 Å². The van der Waals surface area contributed by atoms with Crippen LogP contribution in [0.25, 0.3) is 10.8 Å². The summed E-state index contributed by atoms with van der Waals surface area (Å²) in [6.45, 7) is 0.385. The van der Waals surface area contributed by atoms with Gasteiger partial charge in [-0.15, -0.1) is 0 Å². The van der Waals surface area contributed by atoms with Gasteiger partial charge in [0.2, 0.25) is 6.41 Å². The number of carbonyl (C=O) groups excluding carboxylic acids is 2. The van der Waals surface area contributed by atoms with Crippen LogP contribution in [0.5, 0.6) is 0 Å². The van der Waals surface area contributed by atoms with Crippen LogP contribution in [0.1, 0.15) is 18.4 Å². The van der Waals surface area contributed by atoms with Gasteiger partial charge in [0.25, 0.3) is 0 Å². The van der Waals surface area contributed by atoms with E-state index in [2.05, 4.69) is 5.32 Å². The van der Waals surface area contributed by atoms with Crippen LogP contribution >= 0.6 is 0 Å². The van der Waals surface area contributed by atoms with Crippen molar-refractivity contribution in [2.45, 2.75) is 25.5 Å². The number of alkyl carbamates (subject to hydrolysis) is 1. The second-order valence-electron chi connectivity index (χ2n) is 8.11. The van der Waals surface area contributed by atoms with Crippen molar-refractivity contribution in [3.05, 3.63) is 72.3 Å². The summed E-state index contributed by atoms with van der Waals surface area (Å²) in [6, 6.07) is 19.6. The Labute approximate surface area is 198 Å². The molecule has 0 bridgehead atoms. The zero-order valence-corrected chi connectivity index (χ0v) is 19.3. The molecule has 34 heavy (non-hydrogen) atoms. The topological polar surface area (TPSA) is 99.2 Å². The molecule has 8 nitrogen and oxygen atoms in total. The van der Waals surface area contributed by atoms with E-state index in [0.717, 1.165) is 22.0 Å². The minimum atomic E-state index is -1.11. The molecule has 0 heterocycles. The van der Waals surface area contributed by atoms with Gasteiger partial charge in [0.15, 0.2) is 0 Å². The van der Waals surface area contributed by atoms with E-state index in [-0.39, 0.29) is 19.6 Å². The number of anilines is 2. The molecule has 2 N–H and O–H groups in total. The number of carboxylic acid groups (broad SMARTS) is 1. The van der Waals surface area contributed by atoms with Crippen molar-refractivity contribution in [2.24, 2.45) is 0 Å². The molecule has 0 unspecified atom stereocenters. The molecule has 3 rings (SSSR count). The Balaban J connectivity index is 1.58. The maximum atomic E-state index is 11.9. The maximum Gasteiger partial charge on any atom is 0.407 e. The molecular formula is C26H29N3O5. The lowest BCUT2D eigenvalue weighted by Crippen LogP contribution is -2.41. The van der Waals surface area contributed by atoms with Crippen LogP contribution < -0.4 is 15.1 Å². The second kappa shape index (κ2) is 11.7. The van der Waals surface area contributed by atoms with E-state index in [1.54, 1.807) is 12.1 Å². The number of nitrogens with one attached hydrogen (secondary N) is 1. The standard InChI is InChI=1S/C26H29N3O5/c1-28(2)22-12-10-21-16-23(13-11-20(21)15-22)29(18-30)24(25(31)32)9-6-14-27-26(33)34-17-19-7-4-3-5-8-19/h3-5,7-8,10-13,15-16,18,24H,6,9,14,17H2,1-2H3,(H,27,33)(H,31,32)/t24-/m0/s1. The summed E-state index contributed by atoms with van der Waals surface area (Å²) >= 11 is 0. The van der Waals surface area contributed by atoms with Gasteiger partial charge < -0.3 is 25.0 Å². The fourth-order valence-corrected chi connectivity index (χ4v) is 3.62. The number of hydrogen-bond donors (Lipinski definition) is 2. The highest BCUT2D eigenvalue weighted by Gasteiger charge is 2.25. The summed E-state index contributed by atoms with van der Waals surface area (Å²) < 4.78 is 5.15. The van der Waals surface area contributed by atoms with E-state index in [1.807, 2.05) is 73.6 Å². The quantitative estimate of drug-likeness (QED) is 0.329. The van der Waals surface area contributed by atoms with Crippen molar-refractivity contribution < 1.29 is 24.2 Å². The number of amides is 2. The Kier molecular flexibility index (Phi) is 8.45. The van der Waals surface area contributed by atoms with Crippen LogP contribution in [-0.4, -0.2) is 50.3 Å². The summed E-state index contributed by atoms with van der Waals surface area (Å²) in [5.41, 5.74) is 2.42. The van der Waals surface area contributed by atoms with E-state index in [4.69, 9.17) is 4.74 Å². The van der Waals surface area contributed by atoms with Gasteiger partial charge in [-0.3, -0.25) is 4.79 Å². The smallest absolute Gasteiger partial charge is 0.407 e. The fraction of sp³-hybridized carbons (Fsp3) is 0.269. The first-order valence-electron chi connectivity index (χ1n) is 11.0. The number of hydrogen-bond acceptors (Lipinski definition) is 5. The van der Waals surface area contributed by atoms with Crippen molar-refractivity contribution in [2.75, 3.05) is 30.4 Å². The number of benzene rings is 3. The largest absolute Gasteiger partial charge is 0.480 e. The van der Waals surface area contributed by atoms with Gasteiger partial charge >= 0.3 is 12.1 Å². The third-order valence-corrected chi connectivity index (χ3v) is 5.49. The van der Waals surface area contributed by atoms with E-state index >= 15 is 0 Å². The molecule has 0 aliphatic heterocycles. The molecule has 0 radical (unpaired) electrons. The molecule has 0 aliphatic rings. The Hall–Kier alpha value is -4.07. The van der Waals surface area contributed by atoms with Crippen LogP contribution in [0.3, 0.4) is 0 Å². The van der Waals surface area contributed by atoms with Gasteiger partial charge in [0.1, 0.15) is 12.6 Å². The van der Waals surface area contributed by atoms with Crippen LogP contribution in [0.4, 0.5) is 16.2 Å². The third kappa shape index (κ3) is 6.48. The molecule has 1 atom stereocenters. The van der Waals surface area contributed by atoms with Crippen LogP contribution in [-0.2, 0) is 20.9 Å². The summed E-state index contributed by atoms with van der Waals surface area (Å²) in [4.78, 5) is 38.9. The Bertz CT molecular complexity index is 1130. The van der Waals surface area contributed by atoms with Crippen molar-refractivity contribution in [1.82, 2.24) is 5.32 Å². The van der Waals surface area contributed by atoms with Crippen molar-refractivity contribution in [3.8, 4) is 0 Å². The number of ether oxygens (including phenoxy) is 1. The van der Waals surface area contributed by atoms with Crippen molar-refractivity contribution in [1.29, 1.82) is 0 Å². The van der Waals surface area contributed by atoms with Crippen LogP contribution in [0, 0.1) is 0 Å². The molecule has 0 saturated heterocycles. The highest BCUT2D eigenvalue weighted by atomic mass is 16.5. The normalized spacial score (nSPS) is 11.5. The predicted molar refractivity (Wildman–Crippen MR) is 132 cm³/mol. The number of aliphatic carboxylic acids is 1. The molecule has 3 aromatic rings. The highest BCUT2D eigenvalue weighted by molar-refractivity contribution is 5.94. The van der Waals surface area contributed by atoms with Crippen LogP contribution in [0.2, 0.25) is 0 Å². The van der Waals surface area contributed by atoms with Crippen LogP contribution in [0.15, 0.2) is 66.7 Å². The average molecular weight is 464 g/mol. The van der Waals surface area contributed by atoms with Gasteiger partial charge in [0, 0.05) is 32.0 Å². The first-order valence-corrected chi connectivity index (χ1v) is 11.0. The Morgan fingerprint density at radius 1 is 1.00 bits per heavy atom. The summed E-state index contributed by atoms with van der Waals surface area (Å²) in [5, 5.41) is 14.3. The molecule has 0 spiro atoms. The first-order chi connectivity index (χ1) is 16.4. The van der Waals surface area contributed by atoms with Gasteiger partial charge in [-0.05, 0) is 53.4 Å². The lowest BCUT2D eigenvalue weighted by molar-refractivity contribution is -0.139. The second-order valence-corrected chi connectivity index (χ2v) is 8.11. The molecular weight excluding hydrogens is 434 g/mol. The number of carboxylic acids is 1. The number of fused-ring (bicyclic) bond motifs is 1. The maximum absolute atomic E-state index is 11.9. The molecule has 8 heteroatoms. The van der Waals surface area contributed by atoms with E-state index in [0.29, 0.717) is 18.5 Å². The molecule has 0 saturated carbocycles.